The molecule has 0 aliphatic heterocycles. The lowest BCUT2D eigenvalue weighted by Crippen LogP contribution is -2.60. The second kappa shape index (κ2) is 9.35. The van der Waals surface area contributed by atoms with Crippen molar-refractivity contribution < 1.29 is 9.53 Å². The molecule has 20 heavy (non-hydrogen) atoms. The Hall–Kier alpha value is -0.610. The molecular formula is C16H32N2O2. The molecule has 4 heteroatoms. The van der Waals surface area contributed by atoms with Gasteiger partial charge in [0, 0.05) is 6.61 Å². The maximum Gasteiger partial charge on any atom is 0.240 e. The first-order valence-electron chi connectivity index (χ1n) is 8.30. The Kier molecular flexibility index (Phi) is 8.15. The van der Waals surface area contributed by atoms with Gasteiger partial charge in [0.1, 0.15) is 5.54 Å². The lowest BCUT2D eigenvalue weighted by molar-refractivity contribution is -0.128. The number of hydrogen-bond donors (Lipinski definition) is 2. The average Bonchev–Trinajstić information content (AvgIpc) is 3.26. The molecule has 0 spiro atoms. The molecule has 1 fully saturated rings. The van der Waals surface area contributed by atoms with Gasteiger partial charge in [-0.15, -0.1) is 0 Å². The van der Waals surface area contributed by atoms with E-state index in [9.17, 15) is 4.79 Å². The van der Waals surface area contributed by atoms with Crippen LogP contribution in [0, 0.1) is 5.92 Å². The number of hydrogen-bond acceptors (Lipinski definition) is 3. The van der Waals surface area contributed by atoms with E-state index in [-0.39, 0.29) is 5.91 Å². The van der Waals surface area contributed by atoms with Crippen LogP contribution < -0.4 is 11.1 Å². The predicted octanol–water partition coefficient (Wildman–Crippen LogP) is 2.61. The molecule has 0 aromatic carbocycles. The Bertz CT molecular complexity index is 280. The van der Waals surface area contributed by atoms with Gasteiger partial charge >= 0.3 is 0 Å². The molecule has 1 amide bonds. The van der Waals surface area contributed by atoms with Gasteiger partial charge in [0.2, 0.25) is 5.91 Å². The zero-order valence-corrected chi connectivity index (χ0v) is 13.2. The number of unbranched alkanes of at least 4 members (excludes halogenated alkanes) is 4. The zero-order valence-electron chi connectivity index (χ0n) is 13.2. The van der Waals surface area contributed by atoms with E-state index in [2.05, 4.69) is 19.2 Å². The van der Waals surface area contributed by atoms with Crippen molar-refractivity contribution in [2.75, 3.05) is 19.8 Å². The van der Waals surface area contributed by atoms with Gasteiger partial charge in [0.25, 0.3) is 0 Å². The number of amides is 1. The molecule has 0 radical (unpaired) electrons. The molecule has 118 valence electrons. The van der Waals surface area contributed by atoms with Crippen LogP contribution in [-0.4, -0.2) is 31.2 Å². The minimum Gasteiger partial charge on any atom is -0.379 e. The van der Waals surface area contributed by atoms with Crippen LogP contribution in [0.2, 0.25) is 0 Å². The highest BCUT2D eigenvalue weighted by atomic mass is 16.5. The molecule has 1 atom stereocenters. The second-order valence-electron chi connectivity index (χ2n) is 6.00. The summed E-state index contributed by atoms with van der Waals surface area (Å²) in [7, 11) is 0. The van der Waals surface area contributed by atoms with Crippen molar-refractivity contribution in [3.05, 3.63) is 0 Å². The van der Waals surface area contributed by atoms with E-state index in [1.54, 1.807) is 0 Å². The van der Waals surface area contributed by atoms with Crippen molar-refractivity contribution in [1.29, 1.82) is 0 Å². The normalized spacial score (nSPS) is 17.9. The standard InChI is InChI=1S/C16H32N2O2/c1-3-5-6-7-8-12-20-13-16(15(17)19,14-9-10-14)18-11-4-2/h14,18H,3-13H2,1-2H3,(H2,17,19). The van der Waals surface area contributed by atoms with E-state index < -0.39 is 5.54 Å². The summed E-state index contributed by atoms with van der Waals surface area (Å²) in [5.41, 5.74) is 5.03. The molecule has 0 bridgehead atoms. The van der Waals surface area contributed by atoms with E-state index in [0.717, 1.165) is 38.8 Å². The Morgan fingerprint density at radius 3 is 2.45 bits per heavy atom. The first kappa shape index (κ1) is 17.4. The fraction of sp³-hybridized carbons (Fsp3) is 0.938. The van der Waals surface area contributed by atoms with E-state index in [4.69, 9.17) is 10.5 Å². The Balaban J connectivity index is 2.31. The van der Waals surface area contributed by atoms with Crippen molar-refractivity contribution in [1.82, 2.24) is 5.32 Å². The Labute approximate surface area is 123 Å². The van der Waals surface area contributed by atoms with Crippen LogP contribution in [0.1, 0.15) is 65.2 Å². The summed E-state index contributed by atoms with van der Waals surface area (Å²) in [6, 6.07) is 0. The van der Waals surface area contributed by atoms with Crippen LogP contribution in [0.25, 0.3) is 0 Å². The van der Waals surface area contributed by atoms with Gasteiger partial charge in [0.05, 0.1) is 6.61 Å². The van der Waals surface area contributed by atoms with Crippen LogP contribution in [0.5, 0.6) is 0 Å². The van der Waals surface area contributed by atoms with Crippen LogP contribution in [0.3, 0.4) is 0 Å². The van der Waals surface area contributed by atoms with Gasteiger partial charge in [0.15, 0.2) is 0 Å². The number of nitrogens with one attached hydrogen (secondary N) is 1. The minimum absolute atomic E-state index is 0.251. The summed E-state index contributed by atoms with van der Waals surface area (Å²) >= 11 is 0. The van der Waals surface area contributed by atoms with E-state index in [1.165, 1.54) is 25.7 Å². The van der Waals surface area contributed by atoms with E-state index >= 15 is 0 Å². The molecule has 1 aliphatic rings. The number of carbonyl (C=O) groups excluding carboxylic acids is 1. The van der Waals surface area contributed by atoms with Crippen LogP contribution in [-0.2, 0) is 9.53 Å². The third kappa shape index (κ3) is 5.41. The van der Waals surface area contributed by atoms with Crippen LogP contribution >= 0.6 is 0 Å². The fourth-order valence-corrected chi connectivity index (χ4v) is 2.64. The molecule has 1 aliphatic carbocycles. The maximum atomic E-state index is 11.9. The van der Waals surface area contributed by atoms with Gasteiger partial charge in [-0.25, -0.2) is 0 Å². The van der Waals surface area contributed by atoms with Gasteiger partial charge in [-0.05, 0) is 38.1 Å². The lowest BCUT2D eigenvalue weighted by Gasteiger charge is -2.31. The summed E-state index contributed by atoms with van der Waals surface area (Å²) < 4.78 is 5.78. The van der Waals surface area contributed by atoms with E-state index in [0.29, 0.717) is 12.5 Å². The number of primary amides is 1. The summed E-state index contributed by atoms with van der Waals surface area (Å²) in [5.74, 6) is 0.117. The third-order valence-corrected chi connectivity index (χ3v) is 4.13. The predicted molar refractivity (Wildman–Crippen MR) is 82.5 cm³/mol. The zero-order chi connectivity index (χ0) is 14.8. The molecule has 1 saturated carbocycles. The summed E-state index contributed by atoms with van der Waals surface area (Å²) in [6.07, 6.45) is 9.28. The van der Waals surface area contributed by atoms with Gasteiger partial charge < -0.3 is 15.8 Å². The van der Waals surface area contributed by atoms with Crippen LogP contribution in [0.15, 0.2) is 0 Å². The first-order valence-corrected chi connectivity index (χ1v) is 8.30. The first-order chi connectivity index (χ1) is 9.67. The Morgan fingerprint density at radius 2 is 1.90 bits per heavy atom. The largest absolute Gasteiger partial charge is 0.379 e. The van der Waals surface area contributed by atoms with Gasteiger partial charge in [-0.1, -0.05) is 39.5 Å². The third-order valence-electron chi connectivity index (χ3n) is 4.13. The van der Waals surface area contributed by atoms with Crippen LogP contribution in [0.4, 0.5) is 0 Å². The molecule has 0 saturated heterocycles. The van der Waals surface area contributed by atoms with Crippen molar-refractivity contribution in [3.63, 3.8) is 0 Å². The minimum atomic E-state index is -0.626. The number of carbonyl (C=O) groups is 1. The number of nitrogens with two attached hydrogens (primary N) is 1. The topological polar surface area (TPSA) is 64.3 Å². The molecule has 1 rings (SSSR count). The lowest BCUT2D eigenvalue weighted by atomic mass is 9.93. The smallest absolute Gasteiger partial charge is 0.240 e. The number of rotatable bonds is 13. The molecule has 4 nitrogen and oxygen atoms in total. The average molecular weight is 284 g/mol. The monoisotopic (exact) mass is 284 g/mol. The molecule has 1 unspecified atom stereocenters. The van der Waals surface area contributed by atoms with Crippen molar-refractivity contribution in [3.8, 4) is 0 Å². The SMILES string of the molecule is CCCCCCCOCC(NCCC)(C(N)=O)C1CC1. The van der Waals surface area contributed by atoms with Crippen molar-refractivity contribution in [2.24, 2.45) is 11.7 Å². The highest BCUT2D eigenvalue weighted by Crippen LogP contribution is 2.40. The molecule has 0 aromatic rings. The molecule has 0 aromatic heterocycles. The number of ether oxygens (including phenoxy) is 1. The molecule has 0 heterocycles. The quantitative estimate of drug-likeness (QED) is 0.511. The Morgan fingerprint density at radius 1 is 1.20 bits per heavy atom. The molecular weight excluding hydrogens is 252 g/mol. The van der Waals surface area contributed by atoms with Gasteiger partial charge in [-0.3, -0.25) is 4.79 Å². The van der Waals surface area contributed by atoms with E-state index in [1.807, 2.05) is 0 Å². The maximum absolute atomic E-state index is 11.9. The van der Waals surface area contributed by atoms with Gasteiger partial charge in [-0.2, -0.15) is 0 Å². The highest BCUT2D eigenvalue weighted by Gasteiger charge is 2.49. The second-order valence-corrected chi connectivity index (χ2v) is 6.00. The highest BCUT2D eigenvalue weighted by molar-refractivity contribution is 5.85. The summed E-state index contributed by atoms with van der Waals surface area (Å²) in [4.78, 5) is 11.9. The molecule has 3 N–H and O–H groups in total. The summed E-state index contributed by atoms with van der Waals surface area (Å²) in [6.45, 7) is 6.30. The van der Waals surface area contributed by atoms with Crippen molar-refractivity contribution >= 4 is 5.91 Å². The van der Waals surface area contributed by atoms with Crippen molar-refractivity contribution in [2.45, 2.75) is 70.8 Å². The summed E-state index contributed by atoms with van der Waals surface area (Å²) in [5, 5.41) is 3.36. The fourth-order valence-electron chi connectivity index (χ4n) is 2.64.